The summed E-state index contributed by atoms with van der Waals surface area (Å²) >= 11 is 3.42. The molecule has 0 unspecified atom stereocenters. The maximum Gasteiger partial charge on any atom is 0.335 e. The lowest BCUT2D eigenvalue weighted by atomic mass is 10.1. The van der Waals surface area contributed by atoms with Crippen LogP contribution in [0.5, 0.6) is 0 Å². The van der Waals surface area contributed by atoms with E-state index >= 15 is 0 Å². The molecule has 2 heterocycles. The second-order valence-electron chi connectivity index (χ2n) is 4.88. The average Bonchev–Trinajstić information content (AvgIpc) is 3.08. The molecule has 0 aliphatic rings. The number of aromatic nitrogens is 4. The van der Waals surface area contributed by atoms with Crippen LogP contribution in [-0.4, -0.2) is 31.2 Å². The van der Waals surface area contributed by atoms with E-state index in [1.54, 1.807) is 18.2 Å². The van der Waals surface area contributed by atoms with Gasteiger partial charge in [0, 0.05) is 9.86 Å². The second-order valence-corrected chi connectivity index (χ2v) is 5.80. The summed E-state index contributed by atoms with van der Waals surface area (Å²) < 4.78 is 0.954. The molecule has 3 N–H and O–H groups in total. The van der Waals surface area contributed by atoms with Gasteiger partial charge in [-0.1, -0.05) is 15.9 Å². The van der Waals surface area contributed by atoms with Crippen molar-refractivity contribution in [2.45, 2.75) is 0 Å². The zero-order valence-corrected chi connectivity index (χ0v) is 12.7. The van der Waals surface area contributed by atoms with Crippen LogP contribution in [0.2, 0.25) is 0 Å². The van der Waals surface area contributed by atoms with Gasteiger partial charge in [-0.3, -0.25) is 5.10 Å². The van der Waals surface area contributed by atoms with E-state index in [-0.39, 0.29) is 5.56 Å². The van der Waals surface area contributed by atoms with Crippen LogP contribution in [0.25, 0.3) is 33.5 Å². The fourth-order valence-electron chi connectivity index (χ4n) is 2.42. The molecular weight excluding hydrogens is 348 g/mol. The molecule has 0 amide bonds. The SMILES string of the molecule is O=C(O)c1ccc2[nH]nc(-c3nc4ccc(Br)cc4[nH]3)c2c1. The van der Waals surface area contributed by atoms with Crippen LogP contribution in [0.15, 0.2) is 40.9 Å². The Bertz CT molecular complexity index is 1030. The van der Waals surface area contributed by atoms with E-state index in [2.05, 4.69) is 36.1 Å². The molecular formula is C15H9BrN4O2. The number of carbonyl (C=O) groups is 1. The summed E-state index contributed by atoms with van der Waals surface area (Å²) in [6.45, 7) is 0. The quantitative estimate of drug-likeness (QED) is 0.511. The van der Waals surface area contributed by atoms with Gasteiger partial charge >= 0.3 is 5.97 Å². The van der Waals surface area contributed by atoms with Gasteiger partial charge in [-0.25, -0.2) is 9.78 Å². The van der Waals surface area contributed by atoms with Gasteiger partial charge in [-0.15, -0.1) is 0 Å². The first kappa shape index (κ1) is 13.0. The smallest absolute Gasteiger partial charge is 0.335 e. The molecule has 7 heteroatoms. The number of rotatable bonds is 2. The van der Waals surface area contributed by atoms with Crippen molar-refractivity contribution in [3.8, 4) is 11.5 Å². The summed E-state index contributed by atoms with van der Waals surface area (Å²) in [7, 11) is 0. The molecule has 0 spiro atoms. The fourth-order valence-corrected chi connectivity index (χ4v) is 2.78. The third-order valence-electron chi connectivity index (χ3n) is 3.48. The Morgan fingerprint density at radius 3 is 2.82 bits per heavy atom. The zero-order chi connectivity index (χ0) is 15.3. The average molecular weight is 357 g/mol. The minimum Gasteiger partial charge on any atom is -0.478 e. The highest BCUT2D eigenvalue weighted by Crippen LogP contribution is 2.27. The minimum atomic E-state index is -0.970. The van der Waals surface area contributed by atoms with E-state index < -0.39 is 5.97 Å². The number of aromatic carboxylic acids is 1. The number of H-pyrrole nitrogens is 2. The summed E-state index contributed by atoms with van der Waals surface area (Å²) in [5.74, 6) is -0.371. The van der Waals surface area contributed by atoms with Crippen LogP contribution in [-0.2, 0) is 0 Å². The molecule has 2 aromatic carbocycles. The number of carboxylic acid groups (broad SMARTS) is 1. The number of hydrogen-bond donors (Lipinski definition) is 3. The molecule has 0 saturated carbocycles. The Hall–Kier alpha value is -2.67. The predicted octanol–water partition coefficient (Wildman–Crippen LogP) is 3.57. The van der Waals surface area contributed by atoms with Gasteiger partial charge in [-0.2, -0.15) is 5.10 Å². The van der Waals surface area contributed by atoms with Crippen molar-refractivity contribution in [2.75, 3.05) is 0 Å². The Labute approximate surface area is 132 Å². The lowest BCUT2D eigenvalue weighted by Crippen LogP contribution is -1.95. The fraction of sp³-hybridized carbons (Fsp3) is 0. The third-order valence-corrected chi connectivity index (χ3v) is 3.97. The highest BCUT2D eigenvalue weighted by atomic mass is 79.9. The van der Waals surface area contributed by atoms with Crippen molar-refractivity contribution in [1.82, 2.24) is 20.2 Å². The molecule has 0 fully saturated rings. The Morgan fingerprint density at radius 2 is 2.00 bits per heavy atom. The summed E-state index contributed by atoms with van der Waals surface area (Å²) in [5.41, 5.74) is 3.29. The number of nitrogens with zero attached hydrogens (tertiary/aromatic N) is 2. The number of aromatic amines is 2. The van der Waals surface area contributed by atoms with Gasteiger partial charge in [0.1, 0.15) is 5.69 Å². The molecule has 0 radical (unpaired) electrons. The van der Waals surface area contributed by atoms with Gasteiger partial charge < -0.3 is 10.1 Å². The molecule has 22 heavy (non-hydrogen) atoms. The van der Waals surface area contributed by atoms with Gasteiger partial charge in [0.05, 0.1) is 22.1 Å². The summed E-state index contributed by atoms with van der Waals surface area (Å²) in [6.07, 6.45) is 0. The first-order valence-corrected chi connectivity index (χ1v) is 7.28. The first-order valence-electron chi connectivity index (χ1n) is 6.49. The number of halogens is 1. The molecule has 6 nitrogen and oxygen atoms in total. The molecule has 2 aromatic heterocycles. The van der Waals surface area contributed by atoms with Crippen LogP contribution in [0.1, 0.15) is 10.4 Å². The van der Waals surface area contributed by atoms with E-state index in [1.807, 2.05) is 18.2 Å². The molecule has 4 aromatic rings. The number of imidazole rings is 1. The van der Waals surface area contributed by atoms with Crippen LogP contribution in [0.3, 0.4) is 0 Å². The van der Waals surface area contributed by atoms with Gasteiger partial charge in [0.25, 0.3) is 0 Å². The number of hydrogen-bond acceptors (Lipinski definition) is 3. The summed E-state index contributed by atoms with van der Waals surface area (Å²) in [4.78, 5) is 18.9. The predicted molar refractivity (Wildman–Crippen MR) is 85.8 cm³/mol. The standard InChI is InChI=1S/C15H9BrN4O2/c16-8-2-4-11-12(6-8)18-14(17-11)13-9-5-7(15(21)22)1-3-10(9)19-20-13/h1-6H,(H,17,18)(H,19,20)(H,21,22). The van der Waals surface area contributed by atoms with Gasteiger partial charge in [-0.05, 0) is 36.4 Å². The Kier molecular flexibility index (Phi) is 2.77. The topological polar surface area (TPSA) is 94.7 Å². The third kappa shape index (κ3) is 1.98. The van der Waals surface area contributed by atoms with E-state index in [9.17, 15) is 4.79 Å². The minimum absolute atomic E-state index is 0.217. The van der Waals surface area contributed by atoms with Crippen molar-refractivity contribution in [1.29, 1.82) is 0 Å². The Morgan fingerprint density at radius 1 is 1.14 bits per heavy atom. The lowest BCUT2D eigenvalue weighted by molar-refractivity contribution is 0.0697. The van der Waals surface area contributed by atoms with Crippen LogP contribution in [0, 0.1) is 0 Å². The number of nitrogens with one attached hydrogen (secondary N) is 2. The van der Waals surface area contributed by atoms with Gasteiger partial charge in [0.15, 0.2) is 5.82 Å². The molecule has 0 bridgehead atoms. The van der Waals surface area contributed by atoms with E-state index in [0.29, 0.717) is 11.5 Å². The van der Waals surface area contributed by atoms with Gasteiger partial charge in [0.2, 0.25) is 0 Å². The number of fused-ring (bicyclic) bond motifs is 2. The van der Waals surface area contributed by atoms with Crippen molar-refractivity contribution >= 4 is 43.8 Å². The molecule has 0 atom stereocenters. The highest BCUT2D eigenvalue weighted by molar-refractivity contribution is 9.10. The molecule has 0 aliphatic heterocycles. The summed E-state index contributed by atoms with van der Waals surface area (Å²) in [5, 5.41) is 17.0. The number of carboxylic acids is 1. The highest BCUT2D eigenvalue weighted by Gasteiger charge is 2.14. The molecule has 0 saturated heterocycles. The van der Waals surface area contributed by atoms with Crippen molar-refractivity contribution < 1.29 is 9.90 Å². The van der Waals surface area contributed by atoms with Crippen LogP contribution < -0.4 is 0 Å². The molecule has 0 aliphatic carbocycles. The van der Waals surface area contributed by atoms with E-state index in [1.165, 1.54) is 0 Å². The maximum absolute atomic E-state index is 11.1. The van der Waals surface area contributed by atoms with Crippen LogP contribution in [0.4, 0.5) is 0 Å². The second kappa shape index (κ2) is 4.67. The Balaban J connectivity index is 1.95. The summed E-state index contributed by atoms with van der Waals surface area (Å²) in [6, 6.07) is 10.6. The van der Waals surface area contributed by atoms with Crippen molar-refractivity contribution in [3.05, 3.63) is 46.4 Å². The lowest BCUT2D eigenvalue weighted by Gasteiger charge is -1.96. The van der Waals surface area contributed by atoms with Crippen molar-refractivity contribution in [3.63, 3.8) is 0 Å². The maximum atomic E-state index is 11.1. The monoisotopic (exact) mass is 356 g/mol. The zero-order valence-electron chi connectivity index (χ0n) is 11.1. The molecule has 108 valence electrons. The van der Waals surface area contributed by atoms with E-state index in [4.69, 9.17) is 5.11 Å². The molecule has 4 rings (SSSR count). The van der Waals surface area contributed by atoms with E-state index in [0.717, 1.165) is 26.4 Å². The number of benzene rings is 2. The van der Waals surface area contributed by atoms with Crippen LogP contribution >= 0.6 is 15.9 Å². The largest absolute Gasteiger partial charge is 0.478 e. The van der Waals surface area contributed by atoms with Crippen molar-refractivity contribution in [2.24, 2.45) is 0 Å². The first-order chi connectivity index (χ1) is 10.6. The normalized spacial score (nSPS) is 11.3.